The Balaban J connectivity index is 1.45. The van der Waals surface area contributed by atoms with Gasteiger partial charge in [0.15, 0.2) is 5.65 Å². The van der Waals surface area contributed by atoms with Gasteiger partial charge in [0.05, 0.1) is 29.7 Å². The number of fused-ring (bicyclic) bond motifs is 2. The number of aromatic nitrogens is 3. The van der Waals surface area contributed by atoms with Crippen molar-refractivity contribution >= 4 is 28.8 Å². The summed E-state index contributed by atoms with van der Waals surface area (Å²) in [6.45, 7) is 3.53. The summed E-state index contributed by atoms with van der Waals surface area (Å²) in [6, 6.07) is 5.09. The molecule has 2 aromatic heterocycles. The van der Waals surface area contributed by atoms with Crippen LogP contribution >= 0.6 is 0 Å². The first-order valence-corrected chi connectivity index (χ1v) is 13.0. The lowest BCUT2D eigenvalue weighted by molar-refractivity contribution is -0.0159. The van der Waals surface area contributed by atoms with Gasteiger partial charge in [-0.1, -0.05) is 0 Å². The molecular weight excluding hydrogens is 513 g/mol. The minimum absolute atomic E-state index is 0.0981. The summed E-state index contributed by atoms with van der Waals surface area (Å²) in [5.74, 6) is -0.904. The zero-order valence-electron chi connectivity index (χ0n) is 21.8. The molecule has 1 fully saturated rings. The molecule has 1 atom stereocenters. The Labute approximate surface area is 223 Å². The minimum Gasteiger partial charge on any atom is -0.387 e. The van der Waals surface area contributed by atoms with E-state index < -0.39 is 24.1 Å². The van der Waals surface area contributed by atoms with Crippen molar-refractivity contribution in [2.75, 3.05) is 29.9 Å². The van der Waals surface area contributed by atoms with E-state index in [4.69, 9.17) is 0 Å². The third kappa shape index (κ3) is 5.56. The Morgan fingerprint density at radius 2 is 1.97 bits per heavy atom. The molecule has 1 saturated heterocycles. The molecule has 0 radical (unpaired) electrons. The van der Waals surface area contributed by atoms with Gasteiger partial charge in [-0.05, 0) is 56.4 Å². The first-order valence-electron chi connectivity index (χ1n) is 13.0. The average Bonchev–Trinajstić information content (AvgIpc) is 3.44. The molecule has 2 amide bonds. The van der Waals surface area contributed by atoms with Crippen molar-refractivity contribution < 1.29 is 27.9 Å². The second-order valence-electron chi connectivity index (χ2n) is 10.8. The van der Waals surface area contributed by atoms with Gasteiger partial charge in [-0.25, -0.2) is 22.7 Å². The Kier molecular flexibility index (Phi) is 7.23. The van der Waals surface area contributed by atoms with Crippen molar-refractivity contribution in [1.82, 2.24) is 19.5 Å². The lowest BCUT2D eigenvalue weighted by Gasteiger charge is -2.35. The number of carbonyl (C=O) groups excluding carboxylic acids is 2. The van der Waals surface area contributed by atoms with Crippen molar-refractivity contribution in [3.05, 3.63) is 53.5 Å². The molecule has 39 heavy (non-hydrogen) atoms. The van der Waals surface area contributed by atoms with Gasteiger partial charge in [-0.2, -0.15) is 5.10 Å². The zero-order valence-corrected chi connectivity index (χ0v) is 21.8. The Hall–Kier alpha value is -3.67. The standard InChI is InChI=1S/C27H31F3N6O3/c1-27(2,39)22(28)15-35-14-17-11-20(33-25(37)19-13-32-36-7-3-6-31-24(19)36)21(12-18(17)26(35)38)34-8-4-16(5-9-34)10-23(29)30/h3,6-7,11-13,16,22-23,39H,4-5,8-10,14-15H2,1-2H3,(H,33,37). The molecule has 5 rings (SSSR count). The van der Waals surface area contributed by atoms with Crippen LogP contribution < -0.4 is 10.2 Å². The largest absolute Gasteiger partial charge is 0.387 e. The van der Waals surface area contributed by atoms with E-state index in [2.05, 4.69) is 15.4 Å². The van der Waals surface area contributed by atoms with Crippen LogP contribution in [0.15, 0.2) is 36.8 Å². The molecule has 0 saturated carbocycles. The Morgan fingerprint density at radius 3 is 2.67 bits per heavy atom. The number of piperidine rings is 1. The lowest BCUT2D eigenvalue weighted by atomic mass is 9.93. The van der Waals surface area contributed by atoms with Crippen LogP contribution in [0.25, 0.3) is 5.65 Å². The number of rotatable bonds is 8. The highest BCUT2D eigenvalue weighted by Gasteiger charge is 2.36. The van der Waals surface area contributed by atoms with Gasteiger partial charge < -0.3 is 20.2 Å². The van der Waals surface area contributed by atoms with E-state index in [1.165, 1.54) is 29.5 Å². The molecule has 0 bridgehead atoms. The maximum atomic E-state index is 14.6. The summed E-state index contributed by atoms with van der Waals surface area (Å²) < 4.78 is 42.0. The zero-order chi connectivity index (χ0) is 27.9. The smallest absolute Gasteiger partial charge is 0.261 e. The van der Waals surface area contributed by atoms with E-state index in [0.29, 0.717) is 54.1 Å². The fraction of sp³-hybridized carbons (Fsp3) is 0.481. The van der Waals surface area contributed by atoms with E-state index in [1.54, 1.807) is 30.6 Å². The van der Waals surface area contributed by atoms with E-state index >= 15 is 0 Å². The molecule has 2 aliphatic rings. The van der Waals surface area contributed by atoms with Crippen LogP contribution in [0.5, 0.6) is 0 Å². The van der Waals surface area contributed by atoms with Crippen LogP contribution in [0, 0.1) is 5.92 Å². The Bertz CT molecular complexity index is 1380. The summed E-state index contributed by atoms with van der Waals surface area (Å²) in [5.41, 5.74) is 1.09. The van der Waals surface area contributed by atoms with Crippen molar-refractivity contribution in [3.63, 3.8) is 0 Å². The number of carbonyl (C=O) groups is 2. The topological polar surface area (TPSA) is 103 Å². The van der Waals surface area contributed by atoms with Gasteiger partial charge in [0, 0.05) is 44.0 Å². The molecule has 12 heteroatoms. The van der Waals surface area contributed by atoms with Crippen LogP contribution in [0.4, 0.5) is 24.5 Å². The highest BCUT2D eigenvalue weighted by atomic mass is 19.3. The normalized spacial score (nSPS) is 17.3. The number of anilines is 2. The molecule has 1 unspecified atom stereocenters. The number of benzene rings is 1. The fourth-order valence-corrected chi connectivity index (χ4v) is 5.18. The van der Waals surface area contributed by atoms with Crippen molar-refractivity contribution in [3.8, 4) is 0 Å². The molecule has 2 aliphatic heterocycles. The molecule has 208 valence electrons. The predicted molar refractivity (Wildman–Crippen MR) is 139 cm³/mol. The number of nitrogens with zero attached hydrogens (tertiary/aromatic N) is 5. The molecule has 0 aliphatic carbocycles. The molecule has 3 aromatic rings. The average molecular weight is 545 g/mol. The number of alkyl halides is 3. The monoisotopic (exact) mass is 544 g/mol. The van der Waals surface area contributed by atoms with Gasteiger partial charge in [-0.3, -0.25) is 9.59 Å². The quantitative estimate of drug-likeness (QED) is 0.446. The molecule has 9 nitrogen and oxygen atoms in total. The maximum Gasteiger partial charge on any atom is 0.261 e. The van der Waals surface area contributed by atoms with Gasteiger partial charge in [0.1, 0.15) is 11.7 Å². The molecule has 2 N–H and O–H groups in total. The summed E-state index contributed by atoms with van der Waals surface area (Å²) >= 11 is 0. The van der Waals surface area contributed by atoms with E-state index in [-0.39, 0.29) is 36.9 Å². The van der Waals surface area contributed by atoms with E-state index in [9.17, 15) is 27.9 Å². The molecule has 4 heterocycles. The number of amides is 2. The van der Waals surface area contributed by atoms with E-state index in [1.807, 2.05) is 4.90 Å². The van der Waals surface area contributed by atoms with Crippen LogP contribution in [-0.2, 0) is 6.54 Å². The molecule has 0 spiro atoms. The number of halogens is 3. The first kappa shape index (κ1) is 26.9. The van der Waals surface area contributed by atoms with Crippen molar-refractivity contribution in [1.29, 1.82) is 0 Å². The fourth-order valence-electron chi connectivity index (χ4n) is 5.18. The van der Waals surface area contributed by atoms with Gasteiger partial charge in [0.25, 0.3) is 11.8 Å². The summed E-state index contributed by atoms with van der Waals surface area (Å²) in [4.78, 5) is 34.1. The summed E-state index contributed by atoms with van der Waals surface area (Å²) in [6.07, 6.45) is 1.62. The van der Waals surface area contributed by atoms with Gasteiger partial charge in [0.2, 0.25) is 6.43 Å². The van der Waals surface area contributed by atoms with Crippen LogP contribution in [-0.4, -0.2) is 74.3 Å². The third-order valence-corrected chi connectivity index (χ3v) is 7.49. The first-order chi connectivity index (χ1) is 18.5. The number of aliphatic hydroxyl groups is 1. The second kappa shape index (κ2) is 10.5. The van der Waals surface area contributed by atoms with Gasteiger partial charge >= 0.3 is 0 Å². The van der Waals surface area contributed by atoms with E-state index in [0.717, 1.165) is 0 Å². The van der Waals surface area contributed by atoms with Crippen molar-refractivity contribution in [2.24, 2.45) is 5.92 Å². The number of nitrogens with one attached hydrogen (secondary N) is 1. The predicted octanol–water partition coefficient (Wildman–Crippen LogP) is 3.92. The third-order valence-electron chi connectivity index (χ3n) is 7.49. The maximum absolute atomic E-state index is 14.6. The summed E-state index contributed by atoms with van der Waals surface area (Å²) in [7, 11) is 0. The minimum atomic E-state index is -2.36. The summed E-state index contributed by atoms with van der Waals surface area (Å²) in [5, 5.41) is 17.1. The lowest BCUT2D eigenvalue weighted by Crippen LogP contribution is -2.42. The Morgan fingerprint density at radius 1 is 1.23 bits per heavy atom. The number of hydrogen-bond donors (Lipinski definition) is 2. The molecule has 1 aromatic carbocycles. The highest BCUT2D eigenvalue weighted by Crippen LogP contribution is 2.37. The van der Waals surface area contributed by atoms with Crippen LogP contribution in [0.1, 0.15) is 59.4 Å². The second-order valence-corrected chi connectivity index (χ2v) is 10.8. The highest BCUT2D eigenvalue weighted by molar-refractivity contribution is 6.10. The SMILES string of the molecule is CC(C)(O)C(F)CN1Cc2cc(NC(=O)c3cnn4cccnc34)c(N3CCC(CC(F)F)CC3)cc2C1=O. The van der Waals surface area contributed by atoms with Crippen LogP contribution in [0.2, 0.25) is 0 Å². The number of hydrogen-bond acceptors (Lipinski definition) is 6. The van der Waals surface area contributed by atoms with Gasteiger partial charge in [-0.15, -0.1) is 0 Å². The molecular formula is C27H31F3N6O3. The van der Waals surface area contributed by atoms with Crippen LogP contribution in [0.3, 0.4) is 0 Å². The van der Waals surface area contributed by atoms with Crippen molar-refractivity contribution in [2.45, 2.75) is 57.9 Å².